The van der Waals surface area contributed by atoms with E-state index in [0.717, 1.165) is 0 Å². The lowest BCUT2D eigenvalue weighted by molar-refractivity contribution is -0.158. The third-order valence-corrected chi connectivity index (χ3v) is 6.60. The van der Waals surface area contributed by atoms with E-state index < -0.39 is 36.0 Å². The van der Waals surface area contributed by atoms with E-state index in [2.05, 4.69) is 11.9 Å². The molecule has 3 fully saturated rings. The summed E-state index contributed by atoms with van der Waals surface area (Å²) >= 11 is 0. The lowest BCUT2D eigenvalue weighted by Gasteiger charge is -2.30. The minimum absolute atomic E-state index is 0.123. The smallest absolute Gasteiger partial charge is 0.333 e. The van der Waals surface area contributed by atoms with Crippen molar-refractivity contribution in [2.75, 3.05) is 5.32 Å². The van der Waals surface area contributed by atoms with Gasteiger partial charge in [-0.05, 0) is 25.5 Å². The number of ether oxygens (including phenoxy) is 2. The first-order valence-corrected chi connectivity index (χ1v) is 9.95. The highest BCUT2D eigenvalue weighted by molar-refractivity contribution is 6.05. The highest BCUT2D eigenvalue weighted by Gasteiger charge is 2.69. The van der Waals surface area contributed by atoms with Crippen molar-refractivity contribution in [2.45, 2.75) is 25.6 Å². The first kappa shape index (κ1) is 18.7. The van der Waals surface area contributed by atoms with E-state index in [1.165, 1.54) is 0 Å². The number of fused-ring (bicyclic) bond motifs is 2. The molecular weight excluding hydrogens is 386 g/mol. The third-order valence-electron chi connectivity index (χ3n) is 6.60. The second-order valence-electron chi connectivity index (χ2n) is 8.33. The van der Waals surface area contributed by atoms with Crippen molar-refractivity contribution >= 4 is 34.3 Å². The first-order chi connectivity index (χ1) is 14.4. The van der Waals surface area contributed by atoms with E-state index >= 15 is 0 Å². The monoisotopic (exact) mass is 407 g/mol. The molecule has 5 rings (SSSR count). The van der Waals surface area contributed by atoms with E-state index in [0.29, 0.717) is 22.9 Å². The van der Waals surface area contributed by atoms with E-state index in [1.54, 1.807) is 37.3 Å². The molecule has 2 saturated carbocycles. The second-order valence-corrected chi connectivity index (χ2v) is 8.33. The third kappa shape index (κ3) is 2.61. The van der Waals surface area contributed by atoms with Crippen LogP contribution in [-0.4, -0.2) is 35.2 Å². The number of anilines is 1. The Morgan fingerprint density at radius 3 is 2.67 bits per heavy atom. The fourth-order valence-corrected chi connectivity index (χ4v) is 5.35. The number of aromatic hydroxyl groups is 1. The number of rotatable bonds is 4. The molecule has 2 aliphatic carbocycles. The van der Waals surface area contributed by atoms with Crippen LogP contribution in [0.1, 0.15) is 13.3 Å². The van der Waals surface area contributed by atoms with Crippen molar-refractivity contribution in [2.24, 2.45) is 23.7 Å². The van der Waals surface area contributed by atoms with Crippen LogP contribution < -0.4 is 5.32 Å². The molecule has 0 radical (unpaired) electrons. The van der Waals surface area contributed by atoms with Crippen LogP contribution in [0.2, 0.25) is 0 Å². The van der Waals surface area contributed by atoms with Gasteiger partial charge in [-0.25, -0.2) is 4.79 Å². The Balaban J connectivity index is 1.45. The van der Waals surface area contributed by atoms with Crippen LogP contribution in [0.15, 0.2) is 48.6 Å². The zero-order valence-corrected chi connectivity index (χ0v) is 16.3. The van der Waals surface area contributed by atoms with Crippen molar-refractivity contribution in [3.8, 4) is 5.75 Å². The summed E-state index contributed by atoms with van der Waals surface area (Å²) in [4.78, 5) is 37.9. The molecule has 1 amide bonds. The van der Waals surface area contributed by atoms with Crippen molar-refractivity contribution in [3.05, 3.63) is 48.6 Å². The van der Waals surface area contributed by atoms with Crippen LogP contribution in [0.5, 0.6) is 5.75 Å². The van der Waals surface area contributed by atoms with Crippen LogP contribution in [0.4, 0.5) is 5.69 Å². The average Bonchev–Trinajstić information content (AvgIpc) is 3.32. The number of hydrogen-bond acceptors (Lipinski definition) is 6. The Labute approximate surface area is 172 Å². The molecule has 1 aliphatic heterocycles. The predicted octanol–water partition coefficient (Wildman–Crippen LogP) is 2.78. The zero-order chi connectivity index (χ0) is 21.2. The number of hydrogen-bond donors (Lipinski definition) is 2. The molecule has 2 N–H and O–H groups in total. The standard InChI is InChI=1S/C23H21NO6/c1-10(2)22(27)29-19-13-9-14-18(23(28)30-20(14)19)17(13)21(26)24-15-7-3-6-12-11(15)5-4-8-16(12)25/h3-8,13-14,17-20,25H,1,9H2,2H3,(H,24,26). The number of carbonyl (C=O) groups is 3. The summed E-state index contributed by atoms with van der Waals surface area (Å²) < 4.78 is 11.1. The number of phenolic OH excluding ortho intramolecular Hbond substituents is 1. The maximum Gasteiger partial charge on any atom is 0.333 e. The molecule has 0 spiro atoms. The van der Waals surface area contributed by atoms with Gasteiger partial charge >= 0.3 is 11.9 Å². The molecule has 2 aromatic carbocycles. The summed E-state index contributed by atoms with van der Waals surface area (Å²) in [6.07, 6.45) is -0.535. The van der Waals surface area contributed by atoms with Crippen LogP contribution in [0.3, 0.4) is 0 Å². The van der Waals surface area contributed by atoms with Gasteiger partial charge in [-0.15, -0.1) is 0 Å². The Morgan fingerprint density at radius 1 is 1.17 bits per heavy atom. The van der Waals surface area contributed by atoms with Crippen molar-refractivity contribution < 1.29 is 29.0 Å². The van der Waals surface area contributed by atoms with Crippen LogP contribution in [0, 0.1) is 23.7 Å². The summed E-state index contributed by atoms with van der Waals surface area (Å²) in [7, 11) is 0. The molecule has 30 heavy (non-hydrogen) atoms. The average molecular weight is 407 g/mol. The van der Waals surface area contributed by atoms with E-state index in [-0.39, 0.29) is 29.1 Å². The summed E-state index contributed by atoms with van der Waals surface area (Å²) in [6, 6.07) is 10.4. The number of amides is 1. The van der Waals surface area contributed by atoms with Gasteiger partial charge in [0, 0.05) is 33.9 Å². The number of phenols is 1. The van der Waals surface area contributed by atoms with Gasteiger partial charge in [0.1, 0.15) is 18.0 Å². The molecule has 3 aliphatic rings. The van der Waals surface area contributed by atoms with Crippen molar-refractivity contribution in [3.63, 3.8) is 0 Å². The molecular formula is C23H21NO6. The van der Waals surface area contributed by atoms with E-state index in [9.17, 15) is 19.5 Å². The molecule has 7 nitrogen and oxygen atoms in total. The Kier molecular flexibility index (Phi) is 4.10. The summed E-state index contributed by atoms with van der Waals surface area (Å²) in [6.45, 7) is 5.15. The fraction of sp³-hybridized carbons (Fsp3) is 0.348. The van der Waals surface area contributed by atoms with E-state index in [1.807, 2.05) is 6.07 Å². The van der Waals surface area contributed by atoms with Crippen molar-refractivity contribution in [1.29, 1.82) is 0 Å². The van der Waals surface area contributed by atoms with Gasteiger partial charge in [0.05, 0.1) is 11.8 Å². The van der Waals surface area contributed by atoms with E-state index in [4.69, 9.17) is 9.47 Å². The maximum absolute atomic E-state index is 13.3. The first-order valence-electron chi connectivity index (χ1n) is 9.95. The fourth-order valence-electron chi connectivity index (χ4n) is 5.35. The number of esters is 2. The summed E-state index contributed by atoms with van der Waals surface area (Å²) in [5, 5.41) is 14.3. The topological polar surface area (TPSA) is 102 Å². The predicted molar refractivity (Wildman–Crippen MR) is 107 cm³/mol. The Bertz CT molecular complexity index is 1110. The molecule has 2 bridgehead atoms. The van der Waals surface area contributed by atoms with Gasteiger partial charge in [-0.2, -0.15) is 0 Å². The number of carbonyl (C=O) groups excluding carboxylic acids is 3. The number of benzene rings is 2. The van der Waals surface area contributed by atoms with Gasteiger partial charge in [0.25, 0.3) is 0 Å². The minimum Gasteiger partial charge on any atom is -0.507 e. The molecule has 6 atom stereocenters. The van der Waals surface area contributed by atoms with Crippen LogP contribution in [0.25, 0.3) is 10.8 Å². The lowest BCUT2D eigenvalue weighted by Crippen LogP contribution is -2.44. The normalized spacial score (nSPS) is 30.9. The lowest BCUT2D eigenvalue weighted by atomic mass is 9.78. The molecule has 154 valence electrons. The molecule has 2 aromatic rings. The molecule has 1 saturated heterocycles. The van der Waals surface area contributed by atoms with Gasteiger partial charge in [0.2, 0.25) is 5.91 Å². The highest BCUT2D eigenvalue weighted by atomic mass is 16.6. The van der Waals surface area contributed by atoms with Crippen LogP contribution in [-0.2, 0) is 23.9 Å². The minimum atomic E-state index is -0.644. The van der Waals surface area contributed by atoms with Gasteiger partial charge in [-0.1, -0.05) is 30.8 Å². The molecule has 1 heterocycles. The SMILES string of the molecule is C=C(C)C(=O)OC1C2CC3C1OC(=O)C3C2C(=O)Nc1cccc2c(O)cccc12. The number of nitrogens with one attached hydrogen (secondary N) is 1. The van der Waals surface area contributed by atoms with Crippen molar-refractivity contribution in [1.82, 2.24) is 0 Å². The largest absolute Gasteiger partial charge is 0.507 e. The second kappa shape index (κ2) is 6.58. The van der Waals surface area contributed by atoms with Gasteiger partial charge < -0.3 is 19.9 Å². The Morgan fingerprint density at radius 2 is 1.90 bits per heavy atom. The van der Waals surface area contributed by atoms with Crippen LogP contribution >= 0.6 is 0 Å². The highest BCUT2D eigenvalue weighted by Crippen LogP contribution is 2.59. The quantitative estimate of drug-likeness (QED) is 0.597. The molecule has 6 unspecified atom stereocenters. The summed E-state index contributed by atoms with van der Waals surface area (Å²) in [5.74, 6) is -2.72. The van der Waals surface area contributed by atoms with Gasteiger partial charge in [-0.3, -0.25) is 9.59 Å². The zero-order valence-electron chi connectivity index (χ0n) is 16.3. The maximum atomic E-state index is 13.3. The summed E-state index contributed by atoms with van der Waals surface area (Å²) in [5.41, 5.74) is 0.810. The van der Waals surface area contributed by atoms with Gasteiger partial charge in [0.15, 0.2) is 0 Å². The Hall–Kier alpha value is -3.35. The molecule has 0 aromatic heterocycles. The molecule has 7 heteroatoms.